The Morgan fingerprint density at radius 3 is 2.18 bits per heavy atom. The highest BCUT2D eigenvalue weighted by molar-refractivity contribution is 14.1. The number of hydrogen-bond donors (Lipinski definition) is 1. The van der Waals surface area contributed by atoms with Gasteiger partial charge in [0.25, 0.3) is 0 Å². The molecule has 0 aromatic heterocycles. The van der Waals surface area contributed by atoms with E-state index in [0.29, 0.717) is 23.0 Å². The van der Waals surface area contributed by atoms with Gasteiger partial charge in [-0.3, -0.25) is 0 Å². The summed E-state index contributed by atoms with van der Waals surface area (Å²) in [6.45, 7) is 0.0710. The zero-order valence-corrected chi connectivity index (χ0v) is 11.5. The molecule has 0 bridgehead atoms. The number of halogens is 4. The fourth-order valence-corrected chi connectivity index (χ4v) is 2.70. The highest BCUT2D eigenvalue weighted by atomic mass is 127. The molecule has 1 rings (SSSR count). The largest absolute Gasteiger partial charge is 0.246 e. The Morgan fingerprint density at radius 2 is 1.71 bits per heavy atom. The summed E-state index contributed by atoms with van der Waals surface area (Å²) in [4.78, 5) is -1.15. The lowest BCUT2D eigenvalue weighted by Gasteiger charge is -2.08. The van der Waals surface area contributed by atoms with Crippen molar-refractivity contribution in [2.75, 3.05) is 11.0 Å². The van der Waals surface area contributed by atoms with Crippen LogP contribution in [0.25, 0.3) is 0 Å². The van der Waals surface area contributed by atoms with Crippen molar-refractivity contribution in [1.82, 2.24) is 4.72 Å². The Labute approximate surface area is 111 Å². The minimum atomic E-state index is -4.28. The smallest absolute Gasteiger partial charge is 0.211 e. The molecule has 0 spiro atoms. The molecule has 0 saturated carbocycles. The maximum absolute atomic E-state index is 13.2. The summed E-state index contributed by atoms with van der Waals surface area (Å²) in [6.07, 6.45) is 0.532. The molecule has 0 aliphatic carbocycles. The molecule has 1 aromatic rings. The molecule has 96 valence electrons. The second kappa shape index (κ2) is 6.01. The minimum absolute atomic E-state index is 0.0710. The summed E-state index contributed by atoms with van der Waals surface area (Å²) in [7, 11) is -4.28. The average molecular weight is 379 g/mol. The van der Waals surface area contributed by atoms with Gasteiger partial charge in [-0.15, -0.1) is 0 Å². The van der Waals surface area contributed by atoms with Gasteiger partial charge < -0.3 is 0 Å². The molecule has 0 atom stereocenters. The van der Waals surface area contributed by atoms with Crippen molar-refractivity contribution in [2.45, 2.75) is 11.3 Å². The van der Waals surface area contributed by atoms with E-state index in [1.807, 2.05) is 27.3 Å². The third-order valence-electron chi connectivity index (χ3n) is 1.83. The Morgan fingerprint density at radius 1 is 1.18 bits per heavy atom. The van der Waals surface area contributed by atoms with Gasteiger partial charge in [0, 0.05) is 23.1 Å². The average Bonchev–Trinajstić information content (AvgIpc) is 2.15. The SMILES string of the molecule is O=S(=O)(NCCCI)c1c(F)cc(F)cc1F. The van der Waals surface area contributed by atoms with Crippen molar-refractivity contribution in [3.8, 4) is 0 Å². The van der Waals surface area contributed by atoms with Gasteiger partial charge in [0.1, 0.15) is 17.5 Å². The lowest BCUT2D eigenvalue weighted by atomic mass is 10.3. The first-order valence-electron chi connectivity index (χ1n) is 4.58. The number of alkyl halides is 1. The van der Waals surface area contributed by atoms with Crippen LogP contribution in [0.15, 0.2) is 17.0 Å². The van der Waals surface area contributed by atoms with Crippen molar-refractivity contribution in [3.63, 3.8) is 0 Å². The monoisotopic (exact) mass is 379 g/mol. The standard InChI is InChI=1S/C9H9F3INO2S/c10-6-4-7(11)9(8(12)5-6)17(15,16)14-3-1-2-13/h4-5,14H,1-3H2. The topological polar surface area (TPSA) is 46.2 Å². The van der Waals surface area contributed by atoms with Crippen molar-refractivity contribution < 1.29 is 21.6 Å². The van der Waals surface area contributed by atoms with Gasteiger partial charge >= 0.3 is 0 Å². The van der Waals surface area contributed by atoms with Gasteiger partial charge in [0.05, 0.1) is 0 Å². The van der Waals surface area contributed by atoms with Crippen LogP contribution in [-0.2, 0) is 10.0 Å². The molecule has 17 heavy (non-hydrogen) atoms. The van der Waals surface area contributed by atoms with E-state index in [1.54, 1.807) is 0 Å². The normalized spacial score (nSPS) is 11.8. The molecule has 0 saturated heterocycles. The second-order valence-electron chi connectivity index (χ2n) is 3.14. The summed E-state index contributed by atoms with van der Waals surface area (Å²) >= 11 is 2.04. The van der Waals surface area contributed by atoms with Crippen LogP contribution in [0.2, 0.25) is 0 Å². The molecule has 0 heterocycles. The molecule has 0 aliphatic heterocycles. The van der Waals surface area contributed by atoms with E-state index in [2.05, 4.69) is 0 Å². The first-order chi connectivity index (χ1) is 7.88. The molecule has 1 N–H and O–H groups in total. The molecule has 0 radical (unpaired) electrons. The molecule has 0 unspecified atom stereocenters. The lowest BCUT2D eigenvalue weighted by Crippen LogP contribution is -2.27. The molecule has 8 heteroatoms. The first kappa shape index (κ1) is 14.7. The third-order valence-corrected chi connectivity index (χ3v) is 4.11. The Kier molecular flexibility index (Phi) is 5.20. The minimum Gasteiger partial charge on any atom is -0.211 e. The van der Waals surface area contributed by atoms with E-state index in [4.69, 9.17) is 0 Å². The Balaban J connectivity index is 3.07. The first-order valence-corrected chi connectivity index (χ1v) is 7.59. The maximum atomic E-state index is 13.2. The van der Waals surface area contributed by atoms with E-state index >= 15 is 0 Å². The molecular weight excluding hydrogens is 370 g/mol. The quantitative estimate of drug-likeness (QED) is 0.485. The van der Waals surface area contributed by atoms with Crippen LogP contribution in [0, 0.1) is 17.5 Å². The molecular formula is C9H9F3INO2S. The fraction of sp³-hybridized carbons (Fsp3) is 0.333. The summed E-state index contributed by atoms with van der Waals surface area (Å²) in [5.41, 5.74) is 0. The summed E-state index contributed by atoms with van der Waals surface area (Å²) in [5, 5.41) is 0. The van der Waals surface area contributed by atoms with Gasteiger partial charge in [-0.05, 0) is 6.42 Å². The van der Waals surface area contributed by atoms with Gasteiger partial charge in [-0.1, -0.05) is 22.6 Å². The van der Waals surface area contributed by atoms with E-state index in [0.717, 1.165) is 0 Å². The maximum Gasteiger partial charge on any atom is 0.246 e. The van der Waals surface area contributed by atoms with Crippen LogP contribution < -0.4 is 4.72 Å². The molecule has 1 aromatic carbocycles. The van der Waals surface area contributed by atoms with Gasteiger partial charge in [-0.25, -0.2) is 26.3 Å². The van der Waals surface area contributed by atoms with Crippen molar-refractivity contribution in [2.24, 2.45) is 0 Å². The van der Waals surface area contributed by atoms with Crippen molar-refractivity contribution >= 4 is 32.6 Å². The fourth-order valence-electron chi connectivity index (χ4n) is 1.13. The number of nitrogens with one attached hydrogen (secondary N) is 1. The number of sulfonamides is 1. The van der Waals surface area contributed by atoms with Crippen LogP contribution in [0.4, 0.5) is 13.2 Å². The Bertz CT molecular complexity index is 484. The number of benzene rings is 1. The lowest BCUT2D eigenvalue weighted by molar-refractivity contribution is 0.494. The highest BCUT2D eigenvalue weighted by Crippen LogP contribution is 2.19. The van der Waals surface area contributed by atoms with E-state index in [-0.39, 0.29) is 6.54 Å². The molecule has 0 fully saturated rings. The van der Waals surface area contributed by atoms with Gasteiger partial charge in [0.2, 0.25) is 10.0 Å². The number of hydrogen-bond acceptors (Lipinski definition) is 2. The van der Waals surface area contributed by atoms with Crippen molar-refractivity contribution in [1.29, 1.82) is 0 Å². The predicted octanol–water partition coefficient (Wildman–Crippen LogP) is 2.21. The van der Waals surface area contributed by atoms with Crippen LogP contribution >= 0.6 is 22.6 Å². The van der Waals surface area contributed by atoms with Crippen LogP contribution in [0.3, 0.4) is 0 Å². The molecule has 0 aliphatic rings. The van der Waals surface area contributed by atoms with E-state index in [1.165, 1.54) is 0 Å². The summed E-state index contributed by atoms with van der Waals surface area (Å²) in [6, 6.07) is 0.659. The summed E-state index contributed by atoms with van der Waals surface area (Å²) < 4.78 is 64.9. The van der Waals surface area contributed by atoms with E-state index < -0.39 is 32.4 Å². The van der Waals surface area contributed by atoms with Gasteiger partial charge in [0.15, 0.2) is 4.90 Å². The number of rotatable bonds is 5. The zero-order valence-electron chi connectivity index (χ0n) is 8.51. The predicted molar refractivity (Wildman–Crippen MR) is 65.0 cm³/mol. The zero-order chi connectivity index (χ0) is 13.1. The van der Waals surface area contributed by atoms with Crippen LogP contribution in [0.5, 0.6) is 0 Å². The highest BCUT2D eigenvalue weighted by Gasteiger charge is 2.24. The van der Waals surface area contributed by atoms with Crippen molar-refractivity contribution in [3.05, 3.63) is 29.6 Å². The summed E-state index contributed by atoms with van der Waals surface area (Å²) in [5.74, 6) is -4.04. The van der Waals surface area contributed by atoms with Crippen LogP contribution in [-0.4, -0.2) is 19.4 Å². The molecule has 0 amide bonds. The Hall–Kier alpha value is -0.350. The second-order valence-corrected chi connectivity index (χ2v) is 5.92. The van der Waals surface area contributed by atoms with Gasteiger partial charge in [-0.2, -0.15) is 0 Å². The third kappa shape index (κ3) is 3.81. The van der Waals surface area contributed by atoms with Crippen LogP contribution in [0.1, 0.15) is 6.42 Å². The molecule has 3 nitrogen and oxygen atoms in total. The van der Waals surface area contributed by atoms with E-state index in [9.17, 15) is 21.6 Å².